The number of aromatic nitrogens is 3. The Kier molecular flexibility index (Phi) is 7.47. The van der Waals surface area contributed by atoms with E-state index in [1.165, 1.54) is 45.4 Å². The molecular formula is C26H28F2N6O5S. The number of ether oxygens (including phenoxy) is 1. The number of benzene rings is 1. The maximum Gasteiger partial charge on any atom is 0.387 e. The van der Waals surface area contributed by atoms with Gasteiger partial charge in [-0.2, -0.15) is 23.3 Å². The first kappa shape index (κ1) is 27.9. The molecule has 0 spiro atoms. The maximum absolute atomic E-state index is 13.2. The van der Waals surface area contributed by atoms with Gasteiger partial charge >= 0.3 is 6.61 Å². The molecule has 2 aliphatic rings. The van der Waals surface area contributed by atoms with E-state index in [1.807, 2.05) is 6.07 Å². The Bertz CT molecular complexity index is 1610. The molecule has 14 heteroatoms. The fourth-order valence-corrected chi connectivity index (χ4v) is 6.92. The zero-order valence-corrected chi connectivity index (χ0v) is 22.4. The van der Waals surface area contributed by atoms with Gasteiger partial charge in [0.05, 0.1) is 28.2 Å². The second-order valence-electron chi connectivity index (χ2n) is 10.3. The van der Waals surface area contributed by atoms with Crippen molar-refractivity contribution in [2.45, 2.75) is 68.2 Å². The minimum Gasteiger partial charge on any atom is -0.429 e. The van der Waals surface area contributed by atoms with Gasteiger partial charge in [-0.3, -0.25) is 9.36 Å². The number of rotatable bonds is 7. The molecule has 3 aromatic rings. The van der Waals surface area contributed by atoms with Crippen molar-refractivity contribution in [3.8, 4) is 11.8 Å². The SMILES string of the molecule is C[C@@]1(O)CCC[C@H]1n1c(=O)c(OC(F)F)cc2cnc(NC3CCN(S(=O)(=O)c4ccc(C#N)cc4)CC3)nc21. The van der Waals surface area contributed by atoms with Crippen LogP contribution in [0, 0.1) is 11.3 Å². The average Bonchev–Trinajstić information content (AvgIpc) is 3.27. The third kappa shape index (κ3) is 5.36. The van der Waals surface area contributed by atoms with Gasteiger partial charge in [0, 0.05) is 30.7 Å². The van der Waals surface area contributed by atoms with Crippen LogP contribution >= 0.6 is 0 Å². The number of hydrogen-bond acceptors (Lipinski definition) is 9. The number of halogens is 2. The first-order valence-corrected chi connectivity index (χ1v) is 14.3. The highest BCUT2D eigenvalue weighted by Crippen LogP contribution is 2.40. The summed E-state index contributed by atoms with van der Waals surface area (Å²) in [5, 5.41) is 23.4. The zero-order valence-electron chi connectivity index (χ0n) is 21.6. The Hall–Kier alpha value is -3.67. The van der Waals surface area contributed by atoms with Crippen LogP contribution in [0.15, 0.2) is 46.2 Å². The van der Waals surface area contributed by atoms with Crippen LogP contribution in [0.25, 0.3) is 11.0 Å². The molecule has 1 saturated heterocycles. The summed E-state index contributed by atoms with van der Waals surface area (Å²) in [6.07, 6.45) is 3.86. The zero-order chi connectivity index (χ0) is 28.7. The van der Waals surface area contributed by atoms with Crippen LogP contribution in [-0.4, -0.2) is 63.7 Å². The fraction of sp³-hybridized carbons (Fsp3) is 0.462. The van der Waals surface area contributed by atoms with Gasteiger partial charge in [0.1, 0.15) is 5.65 Å². The maximum atomic E-state index is 13.2. The lowest BCUT2D eigenvalue weighted by Crippen LogP contribution is -2.42. The van der Waals surface area contributed by atoms with Crippen LogP contribution in [0.5, 0.6) is 5.75 Å². The highest BCUT2D eigenvalue weighted by molar-refractivity contribution is 7.89. The Morgan fingerprint density at radius 1 is 1.23 bits per heavy atom. The van der Waals surface area contributed by atoms with Crippen LogP contribution < -0.4 is 15.6 Å². The van der Waals surface area contributed by atoms with E-state index in [9.17, 15) is 27.1 Å². The lowest BCUT2D eigenvalue weighted by Gasteiger charge is -2.32. The summed E-state index contributed by atoms with van der Waals surface area (Å²) in [5.41, 5.74) is -1.51. The summed E-state index contributed by atoms with van der Waals surface area (Å²) < 4.78 is 59.1. The molecule has 2 fully saturated rings. The van der Waals surface area contributed by atoms with Crippen LogP contribution in [0.4, 0.5) is 14.7 Å². The van der Waals surface area contributed by atoms with Gasteiger partial charge in [-0.15, -0.1) is 0 Å². The van der Waals surface area contributed by atoms with E-state index in [0.29, 0.717) is 43.1 Å². The fourth-order valence-electron chi connectivity index (χ4n) is 5.45. The second-order valence-corrected chi connectivity index (χ2v) is 12.2. The number of aliphatic hydroxyl groups is 1. The Labute approximate surface area is 229 Å². The number of sulfonamides is 1. The Morgan fingerprint density at radius 2 is 1.93 bits per heavy atom. The molecule has 1 aromatic carbocycles. The van der Waals surface area contributed by atoms with E-state index in [2.05, 4.69) is 20.0 Å². The average molecular weight is 575 g/mol. The van der Waals surface area contributed by atoms with Gasteiger partial charge in [0.15, 0.2) is 5.75 Å². The molecule has 2 aromatic heterocycles. The molecule has 1 aliphatic carbocycles. The van der Waals surface area contributed by atoms with Crippen molar-refractivity contribution in [2.24, 2.45) is 0 Å². The van der Waals surface area contributed by atoms with E-state index >= 15 is 0 Å². The lowest BCUT2D eigenvalue weighted by atomic mass is 10.00. The van der Waals surface area contributed by atoms with Crippen molar-refractivity contribution in [2.75, 3.05) is 18.4 Å². The van der Waals surface area contributed by atoms with Crippen LogP contribution in [0.3, 0.4) is 0 Å². The topological polar surface area (TPSA) is 150 Å². The van der Waals surface area contributed by atoms with E-state index in [-0.39, 0.29) is 35.6 Å². The monoisotopic (exact) mass is 574 g/mol. The quantitative estimate of drug-likeness (QED) is 0.434. The smallest absolute Gasteiger partial charge is 0.387 e. The summed E-state index contributed by atoms with van der Waals surface area (Å²) in [6.45, 7) is -1.10. The normalized spacial score (nSPS) is 22.4. The molecule has 212 valence electrons. The molecule has 1 aliphatic heterocycles. The molecule has 1 saturated carbocycles. The number of fused-ring (bicyclic) bond motifs is 1. The number of alkyl halides is 2. The summed E-state index contributed by atoms with van der Waals surface area (Å²) in [5.74, 6) is -0.362. The highest BCUT2D eigenvalue weighted by Gasteiger charge is 2.40. The third-order valence-corrected chi connectivity index (χ3v) is 9.47. The molecule has 5 rings (SSSR count). The number of anilines is 1. The molecule has 2 atom stereocenters. The number of hydrogen-bond donors (Lipinski definition) is 2. The molecular weight excluding hydrogens is 546 g/mol. The largest absolute Gasteiger partial charge is 0.429 e. The van der Waals surface area contributed by atoms with Crippen molar-refractivity contribution in [1.29, 1.82) is 5.26 Å². The molecule has 0 bridgehead atoms. The summed E-state index contributed by atoms with van der Waals surface area (Å²) >= 11 is 0. The molecule has 0 amide bonds. The molecule has 40 heavy (non-hydrogen) atoms. The second kappa shape index (κ2) is 10.7. The lowest BCUT2D eigenvalue weighted by molar-refractivity contribution is -0.0513. The van der Waals surface area contributed by atoms with Crippen LogP contribution in [0.2, 0.25) is 0 Å². The number of nitrogens with zero attached hydrogens (tertiary/aromatic N) is 5. The molecule has 0 radical (unpaired) electrons. The van der Waals surface area contributed by atoms with E-state index in [4.69, 9.17) is 5.26 Å². The molecule has 0 unspecified atom stereocenters. The van der Waals surface area contributed by atoms with E-state index < -0.39 is 39.6 Å². The van der Waals surface area contributed by atoms with Gasteiger partial charge in [0.2, 0.25) is 16.0 Å². The third-order valence-electron chi connectivity index (χ3n) is 7.55. The summed E-state index contributed by atoms with van der Waals surface area (Å²) in [6, 6.07) is 8.04. The van der Waals surface area contributed by atoms with Crippen molar-refractivity contribution in [3.05, 3.63) is 52.4 Å². The molecule has 3 heterocycles. The minimum absolute atomic E-state index is 0.117. The van der Waals surface area contributed by atoms with E-state index in [0.717, 1.165) is 0 Å². The van der Waals surface area contributed by atoms with Crippen molar-refractivity contribution in [3.63, 3.8) is 0 Å². The minimum atomic E-state index is -3.72. The Balaban J connectivity index is 1.37. The van der Waals surface area contributed by atoms with Gasteiger partial charge in [-0.25, -0.2) is 13.4 Å². The highest BCUT2D eigenvalue weighted by atomic mass is 32.2. The molecule has 2 N–H and O–H groups in total. The first-order valence-electron chi connectivity index (χ1n) is 12.9. The predicted octanol–water partition coefficient (Wildman–Crippen LogP) is 3.01. The predicted molar refractivity (Wildman–Crippen MR) is 141 cm³/mol. The summed E-state index contributed by atoms with van der Waals surface area (Å²) in [4.78, 5) is 22.1. The van der Waals surface area contributed by atoms with E-state index in [1.54, 1.807) is 6.92 Å². The Morgan fingerprint density at radius 3 is 2.52 bits per heavy atom. The standard InChI is InChI=1S/C26H28F2N6O5S/c1-26(36)10-2-3-21(26)34-22-17(13-20(23(34)35)39-24(27)28)15-30-25(32-22)31-18-8-11-33(12-9-18)40(37,38)19-6-4-16(14-29)5-7-19/h4-7,13,15,18,21,24,36H,2-3,8-12H2,1H3,(H,30,31,32)/t21-,26-/m1/s1. The van der Waals surface area contributed by atoms with Crippen LogP contribution in [0.1, 0.15) is 50.6 Å². The van der Waals surface area contributed by atoms with Crippen LogP contribution in [-0.2, 0) is 10.0 Å². The number of piperidine rings is 1. The first-order chi connectivity index (χ1) is 19.0. The van der Waals surface area contributed by atoms with Gasteiger partial charge in [-0.1, -0.05) is 0 Å². The number of nitrogens with one attached hydrogen (secondary N) is 1. The van der Waals surface area contributed by atoms with Crippen molar-refractivity contribution in [1.82, 2.24) is 18.8 Å². The van der Waals surface area contributed by atoms with Crippen molar-refractivity contribution >= 4 is 27.0 Å². The number of nitriles is 1. The molecule has 11 nitrogen and oxygen atoms in total. The summed E-state index contributed by atoms with van der Waals surface area (Å²) in [7, 11) is -3.72. The van der Waals surface area contributed by atoms with Gasteiger partial charge in [0.25, 0.3) is 5.56 Å². The van der Waals surface area contributed by atoms with Crippen molar-refractivity contribution < 1.29 is 27.0 Å². The van der Waals surface area contributed by atoms with Gasteiger partial charge in [-0.05, 0) is 69.4 Å². The van der Waals surface area contributed by atoms with Gasteiger partial charge < -0.3 is 15.2 Å². The number of pyridine rings is 1.